The molecule has 0 saturated carbocycles. The van der Waals surface area contributed by atoms with E-state index in [-0.39, 0.29) is 23.3 Å². The lowest BCUT2D eigenvalue weighted by Crippen LogP contribution is -2.42. The van der Waals surface area contributed by atoms with E-state index in [0.717, 1.165) is 0 Å². The van der Waals surface area contributed by atoms with Gasteiger partial charge in [0.2, 0.25) is 0 Å². The van der Waals surface area contributed by atoms with Crippen molar-refractivity contribution in [2.24, 2.45) is 0 Å². The minimum atomic E-state index is -3.73. The van der Waals surface area contributed by atoms with Crippen molar-refractivity contribution in [3.8, 4) is 0 Å². The highest BCUT2D eigenvalue weighted by Gasteiger charge is 2.35. The van der Waals surface area contributed by atoms with Gasteiger partial charge in [-0.15, -0.1) is 0 Å². The Balaban J connectivity index is 2.36. The molecule has 7 heteroatoms. The normalized spacial score (nSPS) is 26.1. The van der Waals surface area contributed by atoms with Crippen molar-refractivity contribution in [1.29, 1.82) is 5.41 Å². The van der Waals surface area contributed by atoms with Gasteiger partial charge >= 0.3 is 0 Å². The first-order chi connectivity index (χ1) is 8.93. The van der Waals surface area contributed by atoms with Crippen LogP contribution in [0.5, 0.6) is 0 Å². The topological polar surface area (TPSA) is 94.4 Å². The Bertz CT molecular complexity index is 559. The zero-order chi connectivity index (χ0) is 14.0. The molecule has 0 bridgehead atoms. The number of hydrogen-bond donors (Lipinski definition) is 2. The van der Waals surface area contributed by atoms with Crippen LogP contribution < -0.4 is 0 Å². The van der Waals surface area contributed by atoms with Gasteiger partial charge in [0.05, 0.1) is 0 Å². The van der Waals surface area contributed by atoms with Crippen molar-refractivity contribution in [1.82, 2.24) is 9.29 Å². The Labute approximate surface area is 112 Å². The summed E-state index contributed by atoms with van der Waals surface area (Å²) in [4.78, 5) is 3.87. The summed E-state index contributed by atoms with van der Waals surface area (Å²) >= 11 is 0. The number of rotatable bonds is 2. The molecule has 0 amide bonds. The molecule has 19 heavy (non-hydrogen) atoms. The van der Waals surface area contributed by atoms with Crippen LogP contribution in [0.4, 0.5) is 0 Å². The third-order valence-corrected chi connectivity index (χ3v) is 5.19. The fourth-order valence-corrected chi connectivity index (χ4v) is 3.69. The lowest BCUT2D eigenvalue weighted by molar-refractivity contribution is 0.194. The molecule has 2 heterocycles. The summed E-state index contributed by atoms with van der Waals surface area (Å²) in [7, 11) is -3.73. The van der Waals surface area contributed by atoms with Gasteiger partial charge in [-0.3, -0.25) is 0 Å². The summed E-state index contributed by atoms with van der Waals surface area (Å²) < 4.78 is 26.2. The standard InChI is InChI=1S/C12H17N3O3S/c1-9-5-6-10(13)11(16)8-15(9)19(17,18)12-4-2-3-7-14-12/h2-4,7,9,11,13,16H,5-6,8H2,1H3/t9-,11-/m1/s1. The lowest BCUT2D eigenvalue weighted by Gasteiger charge is -2.26. The average Bonchev–Trinajstić information content (AvgIpc) is 2.53. The van der Waals surface area contributed by atoms with Crippen molar-refractivity contribution < 1.29 is 13.5 Å². The smallest absolute Gasteiger partial charge is 0.260 e. The molecule has 2 rings (SSSR count). The molecule has 1 aromatic rings. The van der Waals surface area contributed by atoms with E-state index in [1.807, 2.05) is 0 Å². The number of hydrogen-bond acceptors (Lipinski definition) is 5. The minimum absolute atomic E-state index is 0.0255. The predicted molar refractivity (Wildman–Crippen MR) is 70.6 cm³/mol. The largest absolute Gasteiger partial charge is 0.386 e. The first-order valence-electron chi connectivity index (χ1n) is 6.11. The number of aromatic nitrogens is 1. The number of β-amino-alcohol motifs (C(OH)–C–C–N with tert-alkyl or cyclic N) is 1. The molecule has 6 nitrogen and oxygen atoms in total. The monoisotopic (exact) mass is 283 g/mol. The molecule has 1 aliphatic heterocycles. The van der Waals surface area contributed by atoms with E-state index in [1.165, 1.54) is 16.6 Å². The summed E-state index contributed by atoms with van der Waals surface area (Å²) in [6.45, 7) is 1.70. The highest BCUT2D eigenvalue weighted by atomic mass is 32.2. The van der Waals surface area contributed by atoms with E-state index in [9.17, 15) is 13.5 Å². The second-order valence-corrected chi connectivity index (χ2v) is 6.51. The van der Waals surface area contributed by atoms with Crippen LogP contribution in [0.25, 0.3) is 0 Å². The number of sulfonamides is 1. The molecule has 1 fully saturated rings. The van der Waals surface area contributed by atoms with E-state index in [1.54, 1.807) is 19.1 Å². The van der Waals surface area contributed by atoms with Gasteiger partial charge in [-0.25, -0.2) is 13.4 Å². The number of pyridine rings is 1. The molecule has 2 atom stereocenters. The van der Waals surface area contributed by atoms with Crippen molar-refractivity contribution >= 4 is 15.7 Å². The third-order valence-electron chi connectivity index (χ3n) is 3.29. The summed E-state index contributed by atoms with van der Waals surface area (Å²) in [6, 6.07) is 4.44. The fraction of sp³-hybridized carbons (Fsp3) is 0.500. The minimum Gasteiger partial charge on any atom is -0.386 e. The van der Waals surface area contributed by atoms with Crippen LogP contribution in [0.3, 0.4) is 0 Å². The zero-order valence-corrected chi connectivity index (χ0v) is 11.5. The van der Waals surface area contributed by atoms with Gasteiger partial charge in [-0.05, 0) is 31.9 Å². The van der Waals surface area contributed by atoms with Crippen molar-refractivity contribution in [3.63, 3.8) is 0 Å². The molecule has 0 spiro atoms. The van der Waals surface area contributed by atoms with Gasteiger partial charge in [0.15, 0.2) is 5.03 Å². The first-order valence-corrected chi connectivity index (χ1v) is 7.55. The average molecular weight is 283 g/mol. The molecule has 0 unspecified atom stereocenters. The Morgan fingerprint density at radius 1 is 1.47 bits per heavy atom. The Morgan fingerprint density at radius 2 is 2.21 bits per heavy atom. The fourth-order valence-electron chi connectivity index (χ4n) is 2.09. The maximum atomic E-state index is 12.5. The second kappa shape index (κ2) is 5.36. The molecule has 1 aliphatic rings. The zero-order valence-electron chi connectivity index (χ0n) is 10.7. The molecule has 0 aromatic carbocycles. The van der Waals surface area contributed by atoms with Crippen molar-refractivity contribution in [2.75, 3.05) is 6.54 Å². The highest BCUT2D eigenvalue weighted by molar-refractivity contribution is 7.89. The molecule has 1 aromatic heterocycles. The van der Waals surface area contributed by atoms with Gasteiger partial charge in [-0.2, -0.15) is 4.31 Å². The van der Waals surface area contributed by atoms with Crippen LogP contribution in [0.1, 0.15) is 19.8 Å². The van der Waals surface area contributed by atoms with E-state index >= 15 is 0 Å². The van der Waals surface area contributed by atoms with Crippen LogP contribution in [-0.4, -0.2) is 47.2 Å². The summed E-state index contributed by atoms with van der Waals surface area (Å²) in [5, 5.41) is 17.4. The van der Waals surface area contributed by atoms with E-state index in [0.29, 0.717) is 12.8 Å². The molecule has 0 radical (unpaired) electrons. The molecule has 2 N–H and O–H groups in total. The predicted octanol–water partition coefficient (Wildman–Crippen LogP) is 0.635. The van der Waals surface area contributed by atoms with Gasteiger partial charge in [-0.1, -0.05) is 6.07 Å². The van der Waals surface area contributed by atoms with Crippen LogP contribution in [0.15, 0.2) is 29.4 Å². The SMILES string of the molecule is C[C@@H]1CCC(=N)[C@H](O)CN1S(=O)(=O)c1ccccn1. The van der Waals surface area contributed by atoms with Crippen LogP contribution in [0, 0.1) is 5.41 Å². The van der Waals surface area contributed by atoms with Crippen molar-refractivity contribution in [3.05, 3.63) is 24.4 Å². The maximum Gasteiger partial charge on any atom is 0.260 e. The molecular weight excluding hydrogens is 266 g/mol. The second-order valence-electron chi connectivity index (χ2n) is 4.67. The van der Waals surface area contributed by atoms with E-state index in [2.05, 4.69) is 4.98 Å². The van der Waals surface area contributed by atoms with E-state index < -0.39 is 16.1 Å². The number of nitrogens with one attached hydrogen (secondary N) is 1. The molecular formula is C12H17N3O3S. The molecule has 104 valence electrons. The maximum absolute atomic E-state index is 12.5. The van der Waals surface area contributed by atoms with Gasteiger partial charge in [0.1, 0.15) is 6.10 Å². The summed E-state index contributed by atoms with van der Waals surface area (Å²) in [5.74, 6) is 0. The van der Waals surface area contributed by atoms with Gasteiger partial charge in [0, 0.05) is 24.5 Å². The highest BCUT2D eigenvalue weighted by Crippen LogP contribution is 2.22. The van der Waals surface area contributed by atoms with Crippen LogP contribution in [0.2, 0.25) is 0 Å². The van der Waals surface area contributed by atoms with Gasteiger partial charge in [0.25, 0.3) is 10.0 Å². The quantitative estimate of drug-likeness (QED) is 0.832. The lowest BCUT2D eigenvalue weighted by atomic mass is 10.1. The van der Waals surface area contributed by atoms with Crippen LogP contribution in [-0.2, 0) is 10.0 Å². The molecule has 0 aliphatic carbocycles. The number of nitrogens with zero attached hydrogens (tertiary/aromatic N) is 2. The summed E-state index contributed by atoms with van der Waals surface area (Å²) in [6.07, 6.45) is 1.33. The summed E-state index contributed by atoms with van der Waals surface area (Å²) in [5.41, 5.74) is 0.186. The Hall–Kier alpha value is -1.31. The Kier molecular flexibility index (Phi) is 3.98. The first kappa shape index (κ1) is 14.1. The molecule has 1 saturated heterocycles. The number of aliphatic hydroxyl groups excluding tert-OH is 1. The Morgan fingerprint density at radius 3 is 2.84 bits per heavy atom. The van der Waals surface area contributed by atoms with Crippen LogP contribution >= 0.6 is 0 Å². The van der Waals surface area contributed by atoms with Gasteiger partial charge < -0.3 is 10.5 Å². The van der Waals surface area contributed by atoms with E-state index in [4.69, 9.17) is 5.41 Å². The number of aliphatic hydroxyl groups is 1. The third kappa shape index (κ3) is 2.83. The van der Waals surface area contributed by atoms with Crippen molar-refractivity contribution in [2.45, 2.75) is 36.9 Å².